The number of aryl methyl sites for hydroxylation is 1. The van der Waals surface area contributed by atoms with Crippen LogP contribution in [0.25, 0.3) is 16.7 Å². The topological polar surface area (TPSA) is 76.9 Å². The monoisotopic (exact) mass is 354 g/mol. The molecule has 1 amide bonds. The first kappa shape index (κ1) is 17.7. The van der Waals surface area contributed by atoms with Crippen LogP contribution in [0.3, 0.4) is 0 Å². The lowest BCUT2D eigenvalue weighted by Crippen LogP contribution is -2.32. The van der Waals surface area contributed by atoms with E-state index in [1.807, 2.05) is 20.8 Å². The van der Waals surface area contributed by atoms with Gasteiger partial charge in [0.25, 0.3) is 11.5 Å². The van der Waals surface area contributed by atoms with Gasteiger partial charge in [0.1, 0.15) is 17.0 Å². The quantitative estimate of drug-likeness (QED) is 0.785. The van der Waals surface area contributed by atoms with Crippen LogP contribution >= 0.6 is 0 Å². The second-order valence-electron chi connectivity index (χ2n) is 6.36. The number of hydrogen-bond donors (Lipinski definition) is 1. The van der Waals surface area contributed by atoms with Gasteiger partial charge in [0, 0.05) is 18.6 Å². The molecule has 3 aromatic heterocycles. The number of halogens is 1. The van der Waals surface area contributed by atoms with Crippen LogP contribution in [0.5, 0.6) is 0 Å². The Morgan fingerprint density at radius 1 is 1.27 bits per heavy atom. The summed E-state index contributed by atoms with van der Waals surface area (Å²) in [5.41, 5.74) is 1.77. The van der Waals surface area contributed by atoms with Crippen LogP contribution in [0.4, 0.5) is 4.39 Å². The van der Waals surface area contributed by atoms with Crippen molar-refractivity contribution < 1.29 is 9.18 Å². The second-order valence-corrected chi connectivity index (χ2v) is 6.36. The van der Waals surface area contributed by atoms with Gasteiger partial charge in [-0.1, -0.05) is 13.8 Å². The van der Waals surface area contributed by atoms with Gasteiger partial charge in [-0.3, -0.25) is 19.1 Å². The molecule has 0 atom stereocenters. The van der Waals surface area contributed by atoms with E-state index in [1.165, 1.54) is 23.7 Å². The lowest BCUT2D eigenvalue weighted by Gasteiger charge is -2.18. The van der Waals surface area contributed by atoms with Crippen LogP contribution in [0.2, 0.25) is 0 Å². The predicted octanol–water partition coefficient (Wildman–Crippen LogP) is 2.71. The zero-order chi connectivity index (χ0) is 19.0. The lowest BCUT2D eigenvalue weighted by molar-refractivity contribution is 0.0961. The molecular formula is C19H19FN4O2. The van der Waals surface area contributed by atoms with E-state index in [0.717, 1.165) is 11.8 Å². The molecule has 0 saturated heterocycles. The van der Waals surface area contributed by atoms with Crippen molar-refractivity contribution in [2.24, 2.45) is 0 Å². The fourth-order valence-electron chi connectivity index (χ4n) is 2.96. The minimum atomic E-state index is -0.544. The number of carbonyl (C=O) groups is 1. The van der Waals surface area contributed by atoms with E-state index in [1.54, 1.807) is 12.3 Å². The summed E-state index contributed by atoms with van der Waals surface area (Å²) < 4.78 is 15.1. The third kappa shape index (κ3) is 2.85. The molecule has 0 unspecified atom stereocenters. The standard InChI is InChI=1S/C19H19FN4O2/c1-10(2)15-16(11(3)5-6-22-15)24-17-12(7-13(20)9-23-17)8-14(19(24)26)18(25)21-4/h5-10H,1-4H3,(H,21,25). The minimum Gasteiger partial charge on any atom is -0.355 e. The van der Waals surface area contributed by atoms with Crippen LogP contribution in [0.1, 0.15) is 41.4 Å². The summed E-state index contributed by atoms with van der Waals surface area (Å²) in [5, 5.41) is 2.81. The van der Waals surface area contributed by atoms with Gasteiger partial charge < -0.3 is 5.32 Å². The maximum atomic E-state index is 13.7. The summed E-state index contributed by atoms with van der Waals surface area (Å²) in [6.45, 7) is 5.79. The fraction of sp³-hybridized carbons (Fsp3) is 0.263. The highest BCUT2D eigenvalue weighted by molar-refractivity contribution is 5.97. The Balaban J connectivity index is 2.53. The highest BCUT2D eigenvalue weighted by Crippen LogP contribution is 2.26. The summed E-state index contributed by atoms with van der Waals surface area (Å²) in [5.74, 6) is -1.05. The zero-order valence-electron chi connectivity index (χ0n) is 15.0. The van der Waals surface area contributed by atoms with Gasteiger partial charge in [0.15, 0.2) is 0 Å². The van der Waals surface area contributed by atoms with Crippen LogP contribution < -0.4 is 10.9 Å². The molecule has 3 heterocycles. The number of nitrogens with one attached hydrogen (secondary N) is 1. The average Bonchev–Trinajstić information content (AvgIpc) is 2.61. The molecule has 0 bridgehead atoms. The van der Waals surface area contributed by atoms with Crippen molar-refractivity contribution in [1.29, 1.82) is 0 Å². The Kier molecular flexibility index (Phi) is 4.54. The highest BCUT2D eigenvalue weighted by atomic mass is 19.1. The number of rotatable bonds is 3. The maximum Gasteiger partial charge on any atom is 0.269 e. The summed E-state index contributed by atoms with van der Waals surface area (Å²) in [4.78, 5) is 33.9. The number of nitrogens with zero attached hydrogens (tertiary/aromatic N) is 3. The summed E-state index contributed by atoms with van der Waals surface area (Å²) in [7, 11) is 1.44. The largest absolute Gasteiger partial charge is 0.355 e. The zero-order valence-corrected chi connectivity index (χ0v) is 15.0. The Morgan fingerprint density at radius 2 is 2.00 bits per heavy atom. The molecular weight excluding hydrogens is 335 g/mol. The Labute approximate surface area is 149 Å². The molecule has 3 aromatic rings. The van der Waals surface area contributed by atoms with E-state index in [-0.39, 0.29) is 17.1 Å². The number of hydrogen-bond acceptors (Lipinski definition) is 4. The summed E-state index contributed by atoms with van der Waals surface area (Å²) in [6, 6.07) is 4.41. The first-order valence-corrected chi connectivity index (χ1v) is 8.24. The van der Waals surface area contributed by atoms with E-state index in [4.69, 9.17) is 0 Å². The Morgan fingerprint density at radius 3 is 2.65 bits per heavy atom. The van der Waals surface area contributed by atoms with E-state index in [9.17, 15) is 14.0 Å². The highest BCUT2D eigenvalue weighted by Gasteiger charge is 2.21. The van der Waals surface area contributed by atoms with Crippen LogP contribution in [0.15, 0.2) is 35.4 Å². The van der Waals surface area contributed by atoms with Crippen molar-refractivity contribution in [2.45, 2.75) is 26.7 Å². The summed E-state index contributed by atoms with van der Waals surface area (Å²) >= 11 is 0. The number of aromatic nitrogens is 3. The van der Waals surface area contributed by atoms with Gasteiger partial charge >= 0.3 is 0 Å². The minimum absolute atomic E-state index is 0.0379. The average molecular weight is 354 g/mol. The molecule has 0 aromatic carbocycles. The predicted molar refractivity (Wildman–Crippen MR) is 97.3 cm³/mol. The van der Waals surface area contributed by atoms with Gasteiger partial charge in [-0.2, -0.15) is 0 Å². The van der Waals surface area contributed by atoms with Gasteiger partial charge in [-0.15, -0.1) is 0 Å². The van der Waals surface area contributed by atoms with Crippen molar-refractivity contribution >= 4 is 16.9 Å². The second kappa shape index (κ2) is 6.67. The van der Waals surface area contributed by atoms with Gasteiger partial charge in [0.05, 0.1) is 17.6 Å². The van der Waals surface area contributed by atoms with Crippen molar-refractivity contribution in [3.05, 3.63) is 63.6 Å². The SMILES string of the molecule is CNC(=O)c1cc2cc(F)cnc2n(-c2c(C)ccnc2C(C)C)c1=O. The van der Waals surface area contributed by atoms with Crippen LogP contribution in [0, 0.1) is 12.7 Å². The molecule has 7 heteroatoms. The molecule has 0 aliphatic heterocycles. The van der Waals surface area contributed by atoms with Gasteiger partial charge in [-0.05, 0) is 36.6 Å². The Bertz CT molecular complexity index is 1070. The van der Waals surface area contributed by atoms with Gasteiger partial charge in [0.2, 0.25) is 0 Å². The molecule has 0 saturated carbocycles. The van der Waals surface area contributed by atoms with Crippen molar-refractivity contribution in [3.8, 4) is 5.69 Å². The van der Waals surface area contributed by atoms with Crippen molar-refractivity contribution in [3.63, 3.8) is 0 Å². The molecule has 26 heavy (non-hydrogen) atoms. The maximum absolute atomic E-state index is 13.7. The van der Waals surface area contributed by atoms with E-state index in [0.29, 0.717) is 16.8 Å². The third-order valence-electron chi connectivity index (χ3n) is 4.20. The number of amides is 1. The van der Waals surface area contributed by atoms with Crippen molar-refractivity contribution in [1.82, 2.24) is 19.9 Å². The molecule has 0 spiro atoms. The van der Waals surface area contributed by atoms with E-state index >= 15 is 0 Å². The van der Waals surface area contributed by atoms with E-state index < -0.39 is 17.3 Å². The summed E-state index contributed by atoms with van der Waals surface area (Å²) in [6.07, 6.45) is 2.73. The lowest BCUT2D eigenvalue weighted by atomic mass is 10.0. The van der Waals surface area contributed by atoms with Crippen molar-refractivity contribution in [2.75, 3.05) is 7.05 Å². The first-order chi connectivity index (χ1) is 12.3. The number of fused-ring (bicyclic) bond motifs is 1. The fourth-order valence-corrected chi connectivity index (χ4v) is 2.96. The number of carbonyl (C=O) groups excluding carboxylic acids is 1. The molecule has 0 aliphatic rings. The molecule has 0 aliphatic carbocycles. The number of pyridine rings is 3. The molecule has 134 valence electrons. The van der Waals surface area contributed by atoms with E-state index in [2.05, 4.69) is 15.3 Å². The molecule has 0 fully saturated rings. The molecule has 1 N–H and O–H groups in total. The van der Waals surface area contributed by atoms with Crippen LogP contribution in [-0.2, 0) is 0 Å². The Hall–Kier alpha value is -3.09. The normalized spacial score (nSPS) is 11.2. The third-order valence-corrected chi connectivity index (χ3v) is 4.20. The van der Waals surface area contributed by atoms with Crippen LogP contribution in [-0.4, -0.2) is 27.5 Å². The van der Waals surface area contributed by atoms with Gasteiger partial charge in [-0.25, -0.2) is 9.37 Å². The molecule has 3 rings (SSSR count). The molecule has 0 radical (unpaired) electrons. The first-order valence-electron chi connectivity index (χ1n) is 8.24. The molecule has 6 nitrogen and oxygen atoms in total. The smallest absolute Gasteiger partial charge is 0.269 e.